The average molecular weight is 570 g/mol. The molecule has 0 spiro atoms. The molecule has 1 fully saturated rings. The van der Waals surface area contributed by atoms with E-state index in [9.17, 15) is 27.7 Å². The molecule has 5 rings (SSSR count). The van der Waals surface area contributed by atoms with Crippen molar-refractivity contribution >= 4 is 54.5 Å². The summed E-state index contributed by atoms with van der Waals surface area (Å²) >= 11 is 1.05. The van der Waals surface area contributed by atoms with Crippen LogP contribution in [0, 0.1) is 15.9 Å². The van der Waals surface area contributed by atoms with Gasteiger partial charge in [0.25, 0.3) is 11.6 Å². The first-order chi connectivity index (χ1) is 18.7. The predicted octanol–water partition coefficient (Wildman–Crippen LogP) is 4.05. The number of ether oxygens (including phenoxy) is 1. The zero-order chi connectivity index (χ0) is 27.6. The number of rotatable bonds is 7. The van der Waals surface area contributed by atoms with Crippen LogP contribution in [0.15, 0.2) is 76.7 Å². The third-order valence-electron chi connectivity index (χ3n) is 5.85. The van der Waals surface area contributed by atoms with E-state index in [2.05, 4.69) is 10.1 Å². The molecule has 2 heterocycles. The molecule has 1 aliphatic heterocycles. The Hall–Kier alpha value is -4.11. The summed E-state index contributed by atoms with van der Waals surface area (Å²) in [6.07, 6.45) is 1.34. The molecule has 0 bridgehead atoms. The molecular weight excluding hydrogens is 549 g/mol. The average Bonchev–Trinajstić information content (AvgIpc) is 3.36. The Labute approximate surface area is 226 Å². The highest BCUT2D eigenvalue weighted by atomic mass is 32.2. The summed E-state index contributed by atoms with van der Waals surface area (Å²) in [5.41, 5.74) is 0.992. The van der Waals surface area contributed by atoms with E-state index in [1.807, 2.05) is 0 Å². The molecule has 0 atom stereocenters. The van der Waals surface area contributed by atoms with Crippen LogP contribution in [0.3, 0.4) is 0 Å². The quantitative estimate of drug-likeness (QED) is 0.186. The van der Waals surface area contributed by atoms with Crippen molar-refractivity contribution in [1.82, 2.24) is 9.29 Å². The lowest BCUT2D eigenvalue weighted by Crippen LogP contribution is -2.40. The fraction of sp³-hybridized carbons (Fsp3) is 0.160. The van der Waals surface area contributed by atoms with Crippen molar-refractivity contribution in [3.8, 4) is 0 Å². The Morgan fingerprint density at radius 3 is 2.46 bits per heavy atom. The molecule has 1 saturated heterocycles. The second-order valence-electron chi connectivity index (χ2n) is 8.36. The maximum absolute atomic E-state index is 13.8. The van der Waals surface area contributed by atoms with Crippen LogP contribution in [-0.2, 0) is 14.8 Å². The number of anilines is 1. The van der Waals surface area contributed by atoms with Crippen molar-refractivity contribution in [2.75, 3.05) is 31.3 Å². The van der Waals surface area contributed by atoms with E-state index in [1.54, 1.807) is 0 Å². The van der Waals surface area contributed by atoms with Gasteiger partial charge >= 0.3 is 0 Å². The standard InChI is InChI=1S/C25H20FN5O6S2/c26-19-5-10-22-23(15-19)38-25(28-22)30(27-16-17-1-6-20(7-2-17)31(33)34)24(32)18-3-8-21(9-4-18)39(35,36)29-11-13-37-14-12-29/h1-10,15-16H,11-14H2/b27-16+. The van der Waals surface area contributed by atoms with Gasteiger partial charge in [0, 0.05) is 30.8 Å². The van der Waals surface area contributed by atoms with Crippen LogP contribution in [0.5, 0.6) is 0 Å². The topological polar surface area (TPSA) is 135 Å². The molecule has 0 aliphatic carbocycles. The first-order valence-electron chi connectivity index (χ1n) is 11.6. The predicted molar refractivity (Wildman–Crippen MR) is 143 cm³/mol. The Morgan fingerprint density at radius 1 is 1.10 bits per heavy atom. The van der Waals surface area contributed by atoms with Gasteiger partial charge in [0.1, 0.15) is 5.82 Å². The number of benzene rings is 3. The van der Waals surface area contributed by atoms with Crippen molar-refractivity contribution in [2.45, 2.75) is 4.90 Å². The van der Waals surface area contributed by atoms with E-state index >= 15 is 0 Å². The third-order valence-corrected chi connectivity index (χ3v) is 8.75. The summed E-state index contributed by atoms with van der Waals surface area (Å²) in [7, 11) is -3.75. The molecule has 1 amide bonds. The molecule has 200 valence electrons. The lowest BCUT2D eigenvalue weighted by molar-refractivity contribution is -0.384. The number of nitro groups is 1. The van der Waals surface area contributed by atoms with Crippen molar-refractivity contribution in [3.63, 3.8) is 0 Å². The molecule has 11 nitrogen and oxygen atoms in total. The summed E-state index contributed by atoms with van der Waals surface area (Å²) in [4.78, 5) is 28.4. The molecule has 14 heteroatoms. The highest BCUT2D eigenvalue weighted by Crippen LogP contribution is 2.31. The zero-order valence-electron chi connectivity index (χ0n) is 20.1. The van der Waals surface area contributed by atoms with Gasteiger partial charge in [-0.1, -0.05) is 11.3 Å². The number of hydrazone groups is 1. The maximum Gasteiger partial charge on any atom is 0.280 e. The fourth-order valence-corrected chi connectivity index (χ4v) is 6.15. The number of carbonyl (C=O) groups is 1. The zero-order valence-corrected chi connectivity index (χ0v) is 21.8. The molecule has 1 aromatic heterocycles. The van der Waals surface area contributed by atoms with Gasteiger partial charge in [0.05, 0.1) is 39.5 Å². The number of thiazole rings is 1. The first-order valence-corrected chi connectivity index (χ1v) is 13.8. The third kappa shape index (κ3) is 5.68. The molecule has 4 aromatic rings. The van der Waals surface area contributed by atoms with Crippen LogP contribution in [0.2, 0.25) is 0 Å². The second-order valence-corrected chi connectivity index (χ2v) is 11.3. The van der Waals surface area contributed by atoms with E-state index in [0.717, 1.165) is 16.3 Å². The number of amides is 1. The number of morpholine rings is 1. The number of carbonyl (C=O) groups excluding carboxylic acids is 1. The Morgan fingerprint density at radius 2 is 1.79 bits per heavy atom. The minimum absolute atomic E-state index is 0.0392. The Kier molecular flexibility index (Phi) is 7.43. The lowest BCUT2D eigenvalue weighted by atomic mass is 10.2. The number of non-ortho nitro benzene ring substituents is 1. The van der Waals surface area contributed by atoms with Gasteiger partial charge < -0.3 is 4.74 Å². The number of fused-ring (bicyclic) bond motifs is 1. The molecular formula is C25H20FN5O6S2. The number of sulfonamides is 1. The number of nitro benzene ring substituents is 1. The molecule has 0 saturated carbocycles. The van der Waals surface area contributed by atoms with Crippen LogP contribution in [0.1, 0.15) is 15.9 Å². The van der Waals surface area contributed by atoms with Crippen LogP contribution < -0.4 is 5.01 Å². The van der Waals surface area contributed by atoms with Gasteiger partial charge in [-0.2, -0.15) is 14.4 Å². The number of nitrogens with zero attached hydrogens (tertiary/aromatic N) is 5. The number of aromatic nitrogens is 1. The highest BCUT2D eigenvalue weighted by Gasteiger charge is 2.27. The summed E-state index contributed by atoms with van der Waals surface area (Å²) in [6, 6.07) is 15.1. The van der Waals surface area contributed by atoms with Gasteiger partial charge in [0.2, 0.25) is 15.2 Å². The van der Waals surface area contributed by atoms with Crippen molar-refractivity contribution in [1.29, 1.82) is 0 Å². The van der Waals surface area contributed by atoms with Crippen molar-refractivity contribution in [2.24, 2.45) is 5.10 Å². The number of hydrogen-bond donors (Lipinski definition) is 0. The molecule has 3 aromatic carbocycles. The molecule has 0 radical (unpaired) electrons. The lowest BCUT2D eigenvalue weighted by Gasteiger charge is -2.26. The van der Waals surface area contributed by atoms with Gasteiger partial charge in [0.15, 0.2) is 0 Å². The van der Waals surface area contributed by atoms with Crippen LogP contribution in [0.25, 0.3) is 10.2 Å². The van der Waals surface area contributed by atoms with E-state index in [0.29, 0.717) is 29.0 Å². The fourth-order valence-electron chi connectivity index (χ4n) is 3.80. The molecule has 39 heavy (non-hydrogen) atoms. The van der Waals surface area contributed by atoms with Crippen molar-refractivity contribution in [3.05, 3.63) is 93.8 Å². The van der Waals surface area contributed by atoms with Crippen molar-refractivity contribution < 1.29 is 27.3 Å². The highest BCUT2D eigenvalue weighted by molar-refractivity contribution is 7.89. The molecule has 0 N–H and O–H groups in total. The molecule has 1 aliphatic rings. The number of halogens is 1. The van der Waals surface area contributed by atoms with Gasteiger partial charge in [-0.05, 0) is 60.2 Å². The van der Waals surface area contributed by atoms with E-state index in [1.165, 1.54) is 77.2 Å². The normalized spacial score (nSPS) is 14.6. The summed E-state index contributed by atoms with van der Waals surface area (Å²) in [5.74, 6) is -1.06. The van der Waals surface area contributed by atoms with Gasteiger partial charge in [-0.15, -0.1) is 0 Å². The monoisotopic (exact) mass is 569 g/mol. The van der Waals surface area contributed by atoms with Crippen LogP contribution in [0.4, 0.5) is 15.2 Å². The van der Waals surface area contributed by atoms with Gasteiger partial charge in [-0.3, -0.25) is 14.9 Å². The minimum atomic E-state index is -3.75. The summed E-state index contributed by atoms with van der Waals surface area (Å²) in [5, 5.41) is 16.4. The smallest absolute Gasteiger partial charge is 0.280 e. The van der Waals surface area contributed by atoms with Crippen LogP contribution >= 0.6 is 11.3 Å². The Balaban J connectivity index is 1.47. The SMILES string of the molecule is O=C(c1ccc(S(=O)(=O)N2CCOCC2)cc1)N(/N=C/c1ccc([N+](=O)[O-])cc1)c1nc2ccc(F)cc2s1. The largest absolute Gasteiger partial charge is 0.379 e. The van der Waals surface area contributed by atoms with E-state index in [-0.39, 0.29) is 34.4 Å². The summed E-state index contributed by atoms with van der Waals surface area (Å²) in [6.45, 7) is 1.10. The van der Waals surface area contributed by atoms with E-state index in [4.69, 9.17) is 4.74 Å². The number of hydrogen-bond acceptors (Lipinski definition) is 9. The summed E-state index contributed by atoms with van der Waals surface area (Å²) < 4.78 is 46.7. The minimum Gasteiger partial charge on any atom is -0.379 e. The van der Waals surface area contributed by atoms with Crippen LogP contribution in [-0.4, -0.2) is 61.1 Å². The maximum atomic E-state index is 13.8. The Bertz CT molecular complexity index is 1670. The van der Waals surface area contributed by atoms with Gasteiger partial charge in [-0.25, -0.2) is 17.8 Å². The first kappa shape index (κ1) is 26.5. The molecule has 0 unspecified atom stereocenters. The second kappa shape index (κ2) is 10.9. The van der Waals surface area contributed by atoms with E-state index < -0.39 is 26.7 Å².